The molecule has 3 heterocycles. The predicted octanol–water partition coefficient (Wildman–Crippen LogP) is 6.16. The molecule has 0 aliphatic carbocycles. The van der Waals surface area contributed by atoms with Gasteiger partial charge in [-0.25, -0.2) is 15.2 Å². The first-order valence-corrected chi connectivity index (χ1v) is 12.5. The first-order valence-electron chi connectivity index (χ1n) is 12.5. The molecule has 0 bridgehead atoms. The second-order valence-corrected chi connectivity index (χ2v) is 9.41. The Morgan fingerprint density at radius 1 is 1.00 bits per heavy atom. The summed E-state index contributed by atoms with van der Waals surface area (Å²) in [6.07, 6.45) is -1.33. The molecule has 0 unspecified atom stereocenters. The number of aromatic nitrogens is 3. The number of imidazole rings is 1. The van der Waals surface area contributed by atoms with Gasteiger partial charge < -0.3 is 14.8 Å². The minimum atomic E-state index is -4.46. The summed E-state index contributed by atoms with van der Waals surface area (Å²) in [5.41, 5.74) is 2.73. The average Bonchev–Trinajstić information content (AvgIpc) is 3.29. The van der Waals surface area contributed by atoms with Crippen LogP contribution in [0.2, 0.25) is 12.6 Å². The molecule has 0 saturated carbocycles. The Hall–Kier alpha value is -4.26. The lowest BCUT2D eigenvalue weighted by atomic mass is 9.45. The molecule has 2 aromatic carbocycles. The third kappa shape index (κ3) is 5.37. The number of nitriles is 1. The van der Waals surface area contributed by atoms with Crippen LogP contribution in [0.25, 0.3) is 22.5 Å². The molecule has 2 aromatic heterocycles. The molecule has 6 nitrogen and oxygen atoms in total. The minimum absolute atomic E-state index is 0.00683. The Labute approximate surface area is 219 Å². The van der Waals surface area contributed by atoms with Gasteiger partial charge in [-0.2, -0.15) is 13.2 Å². The fourth-order valence-electron chi connectivity index (χ4n) is 4.82. The molecule has 0 spiro atoms. The molecule has 192 valence electrons. The molecule has 1 N–H and O–H groups in total. The van der Waals surface area contributed by atoms with Crippen LogP contribution in [0.4, 0.5) is 24.9 Å². The second-order valence-electron chi connectivity index (χ2n) is 9.41. The molecule has 10 heteroatoms. The van der Waals surface area contributed by atoms with Crippen molar-refractivity contribution in [3.8, 4) is 28.5 Å². The molecule has 4 aromatic rings. The van der Waals surface area contributed by atoms with E-state index in [0.29, 0.717) is 48.4 Å². The van der Waals surface area contributed by atoms with Crippen LogP contribution in [0.5, 0.6) is 0 Å². The van der Waals surface area contributed by atoms with E-state index < -0.39 is 11.7 Å². The van der Waals surface area contributed by atoms with Gasteiger partial charge in [0.2, 0.25) is 5.95 Å². The quantitative estimate of drug-likeness (QED) is 0.312. The molecule has 1 aliphatic heterocycles. The fraction of sp³-hybridized carbons (Fsp3) is 0.250. The topological polar surface area (TPSA) is 69.8 Å². The summed E-state index contributed by atoms with van der Waals surface area (Å²) < 4.78 is 42.6. The third-order valence-corrected chi connectivity index (χ3v) is 6.85. The molecular weight excluding hydrogens is 488 g/mol. The predicted molar refractivity (Wildman–Crippen MR) is 144 cm³/mol. The van der Waals surface area contributed by atoms with E-state index in [0.717, 1.165) is 35.9 Å². The highest BCUT2D eigenvalue weighted by molar-refractivity contribution is 6.67. The first-order chi connectivity index (χ1) is 18.3. The van der Waals surface area contributed by atoms with Crippen molar-refractivity contribution < 1.29 is 13.2 Å². The number of nitrogens with one attached hydrogen (secondary N) is 1. The lowest BCUT2D eigenvalue weighted by molar-refractivity contribution is -0.137. The molecule has 0 radical (unpaired) electrons. The smallest absolute Gasteiger partial charge is 0.366 e. The number of hydrogen-bond donors (Lipinski definition) is 1. The average molecular weight is 514 g/mol. The summed E-state index contributed by atoms with van der Waals surface area (Å²) in [4.78, 5) is 11.4. The van der Waals surface area contributed by atoms with Gasteiger partial charge in [0.15, 0.2) is 0 Å². The lowest BCUT2D eigenvalue weighted by Crippen LogP contribution is -2.37. The zero-order valence-electron chi connectivity index (χ0n) is 20.9. The normalized spacial score (nSPS) is 13.9. The fourth-order valence-corrected chi connectivity index (χ4v) is 4.82. The zero-order chi connectivity index (χ0) is 26.7. The maximum absolute atomic E-state index is 13.6. The van der Waals surface area contributed by atoms with Crippen LogP contribution in [-0.2, 0) is 19.8 Å². The van der Waals surface area contributed by atoms with E-state index in [-0.39, 0.29) is 6.71 Å². The second kappa shape index (κ2) is 10.6. The Kier molecular flexibility index (Phi) is 7.10. The highest BCUT2D eigenvalue weighted by Crippen LogP contribution is 2.38. The summed E-state index contributed by atoms with van der Waals surface area (Å²) >= 11 is 0. The van der Waals surface area contributed by atoms with Gasteiger partial charge >= 0.3 is 6.18 Å². The summed E-state index contributed by atoms with van der Waals surface area (Å²) in [6, 6.07) is 19.0. The molecule has 38 heavy (non-hydrogen) atoms. The van der Waals surface area contributed by atoms with Crippen molar-refractivity contribution in [3.05, 3.63) is 84.1 Å². The van der Waals surface area contributed by atoms with E-state index >= 15 is 0 Å². The standard InChI is InChI=1S/C28H26BF3N6/c1-37-26(22-10-13-34-24(17-22)35-18-20-6-3-2-4-7-20)25(21-8-5-9-23(16-21)28(30,31)32)36-27(37)38-14-11-29(19-33)12-15-38/h2-10,13,16-17H,11-12,14-15,18H2,1H3,(H,34,35). The van der Waals surface area contributed by atoms with E-state index in [1.165, 1.54) is 6.07 Å². The summed E-state index contributed by atoms with van der Waals surface area (Å²) in [6.45, 7) is 1.91. The molecule has 1 saturated heterocycles. The van der Waals surface area contributed by atoms with E-state index in [9.17, 15) is 18.4 Å². The molecule has 5 rings (SSSR count). The van der Waals surface area contributed by atoms with Gasteiger partial charge in [-0.05, 0) is 42.5 Å². The van der Waals surface area contributed by atoms with E-state index in [1.807, 2.05) is 54.1 Å². The number of pyridine rings is 1. The highest BCUT2D eigenvalue weighted by Gasteiger charge is 2.32. The number of hydrogen-bond acceptors (Lipinski definition) is 5. The Balaban J connectivity index is 1.55. The van der Waals surface area contributed by atoms with Crippen LogP contribution in [0.15, 0.2) is 72.9 Å². The summed E-state index contributed by atoms with van der Waals surface area (Å²) in [5, 5.41) is 12.6. The van der Waals surface area contributed by atoms with Gasteiger partial charge in [-0.3, -0.25) is 0 Å². The lowest BCUT2D eigenvalue weighted by Gasteiger charge is -2.28. The molecular formula is C28H26BF3N6. The maximum Gasteiger partial charge on any atom is 0.416 e. The molecule has 1 fully saturated rings. The Morgan fingerprint density at radius 3 is 2.47 bits per heavy atom. The van der Waals surface area contributed by atoms with Gasteiger partial charge in [0.1, 0.15) is 5.82 Å². The van der Waals surface area contributed by atoms with Gasteiger partial charge in [0.05, 0.1) is 17.0 Å². The molecule has 1 aliphatic rings. The van der Waals surface area contributed by atoms with Crippen molar-refractivity contribution in [2.45, 2.75) is 25.4 Å². The van der Waals surface area contributed by atoms with Crippen molar-refractivity contribution in [1.29, 1.82) is 5.26 Å². The van der Waals surface area contributed by atoms with Crippen molar-refractivity contribution in [1.82, 2.24) is 14.5 Å². The highest BCUT2D eigenvalue weighted by atomic mass is 19.4. The van der Waals surface area contributed by atoms with Crippen LogP contribution < -0.4 is 10.2 Å². The minimum Gasteiger partial charge on any atom is -0.366 e. The molecule has 0 amide bonds. The largest absolute Gasteiger partial charge is 0.416 e. The number of nitrogens with zero attached hydrogens (tertiary/aromatic N) is 5. The van der Waals surface area contributed by atoms with Gasteiger partial charge in [-0.1, -0.05) is 42.5 Å². The number of benzene rings is 2. The van der Waals surface area contributed by atoms with Crippen LogP contribution in [0, 0.1) is 11.2 Å². The van der Waals surface area contributed by atoms with Crippen LogP contribution in [-0.4, -0.2) is 34.3 Å². The maximum atomic E-state index is 13.6. The van der Waals surface area contributed by atoms with Crippen molar-refractivity contribution in [2.75, 3.05) is 23.3 Å². The summed E-state index contributed by atoms with van der Waals surface area (Å²) in [5.74, 6) is 3.65. The Morgan fingerprint density at radius 2 is 1.76 bits per heavy atom. The Bertz CT molecular complexity index is 1450. The monoisotopic (exact) mass is 514 g/mol. The number of alkyl halides is 3. The first kappa shape index (κ1) is 25.4. The number of rotatable bonds is 6. The van der Waals surface area contributed by atoms with Crippen molar-refractivity contribution in [2.24, 2.45) is 7.05 Å². The van der Waals surface area contributed by atoms with Crippen LogP contribution in [0.1, 0.15) is 11.1 Å². The van der Waals surface area contributed by atoms with Crippen LogP contribution in [0.3, 0.4) is 0 Å². The van der Waals surface area contributed by atoms with Gasteiger partial charge in [-0.15, -0.1) is 0 Å². The van der Waals surface area contributed by atoms with E-state index in [4.69, 9.17) is 4.98 Å². The number of anilines is 2. The molecule has 0 atom stereocenters. The number of halogens is 3. The summed E-state index contributed by atoms with van der Waals surface area (Å²) in [7, 11) is 1.88. The van der Waals surface area contributed by atoms with Gasteiger partial charge in [0, 0.05) is 50.0 Å². The van der Waals surface area contributed by atoms with E-state index in [2.05, 4.69) is 21.2 Å². The van der Waals surface area contributed by atoms with Crippen molar-refractivity contribution in [3.63, 3.8) is 0 Å². The van der Waals surface area contributed by atoms with Crippen LogP contribution >= 0.6 is 0 Å². The van der Waals surface area contributed by atoms with E-state index in [1.54, 1.807) is 12.3 Å². The SMILES string of the molecule is Cn1c(N2CCB(C#N)CC2)nc(-c2cccc(C(F)(F)F)c2)c1-c1ccnc(NCc2ccccc2)c1. The van der Waals surface area contributed by atoms with Gasteiger partial charge in [0.25, 0.3) is 6.71 Å². The zero-order valence-corrected chi connectivity index (χ0v) is 20.9. The third-order valence-electron chi connectivity index (χ3n) is 6.85. The van der Waals surface area contributed by atoms with Crippen molar-refractivity contribution >= 4 is 18.5 Å².